The lowest BCUT2D eigenvalue weighted by atomic mass is 10.1. The van der Waals surface area contributed by atoms with Gasteiger partial charge in [-0.25, -0.2) is 9.97 Å². The molecule has 3 heterocycles. The first-order chi connectivity index (χ1) is 14.7. The Balaban J connectivity index is 1.37. The number of alkyl halides is 3. The monoisotopic (exact) mass is 455 g/mol. The van der Waals surface area contributed by atoms with Crippen molar-refractivity contribution in [2.45, 2.75) is 31.8 Å². The van der Waals surface area contributed by atoms with E-state index < -0.39 is 18.0 Å². The van der Waals surface area contributed by atoms with Crippen LogP contribution in [0.15, 0.2) is 30.3 Å². The molecule has 2 unspecified atom stereocenters. The van der Waals surface area contributed by atoms with Crippen LogP contribution >= 0.6 is 11.6 Å². The molecule has 2 aliphatic rings. The van der Waals surface area contributed by atoms with E-state index in [0.717, 1.165) is 43.8 Å². The molecule has 1 N–H and O–H groups in total. The highest BCUT2D eigenvalue weighted by atomic mass is 35.5. The lowest BCUT2D eigenvalue weighted by Gasteiger charge is -2.38. The summed E-state index contributed by atoms with van der Waals surface area (Å²) in [5, 5.41) is 11.3. The zero-order valence-corrected chi connectivity index (χ0v) is 17.9. The molecule has 2 aliphatic heterocycles. The lowest BCUT2D eigenvalue weighted by molar-refractivity contribution is -0.141. The Morgan fingerprint density at radius 3 is 2.39 bits per heavy atom. The minimum Gasteiger partial charge on any atom is -0.390 e. The Kier molecular flexibility index (Phi) is 6.39. The molecule has 0 amide bonds. The maximum atomic E-state index is 13.1. The molecule has 0 saturated carbocycles. The van der Waals surface area contributed by atoms with E-state index >= 15 is 0 Å². The highest BCUT2D eigenvalue weighted by molar-refractivity contribution is 6.30. The summed E-state index contributed by atoms with van der Waals surface area (Å²) >= 11 is 5.94. The molecule has 2 atom stereocenters. The van der Waals surface area contributed by atoms with Gasteiger partial charge in [0.05, 0.1) is 12.1 Å². The average molecular weight is 456 g/mol. The van der Waals surface area contributed by atoms with Crippen molar-refractivity contribution < 1.29 is 18.3 Å². The van der Waals surface area contributed by atoms with Crippen LogP contribution < -0.4 is 4.90 Å². The van der Waals surface area contributed by atoms with Gasteiger partial charge in [-0.05, 0) is 24.6 Å². The topological polar surface area (TPSA) is 55.7 Å². The predicted octanol–water partition coefficient (Wildman–Crippen LogP) is 2.82. The normalized spacial score (nSPS) is 23.5. The summed E-state index contributed by atoms with van der Waals surface area (Å²) in [5.41, 5.74) is 0.244. The molecule has 0 bridgehead atoms. The number of halogens is 4. The molecule has 0 radical (unpaired) electrons. The SMILES string of the molecule is Cc1nc(N2CC(O)C(N3CCN(Cc4ccc(Cl)cc4)CC3)C2)cc(C(F)(F)F)n1. The van der Waals surface area contributed by atoms with E-state index in [9.17, 15) is 18.3 Å². The number of β-amino-alcohol motifs (C(OH)–C–C–N with tert-alkyl or cyclic N) is 1. The van der Waals surface area contributed by atoms with Crippen molar-refractivity contribution >= 4 is 17.4 Å². The molecule has 10 heteroatoms. The second kappa shape index (κ2) is 8.90. The van der Waals surface area contributed by atoms with Gasteiger partial charge in [-0.15, -0.1) is 0 Å². The molecule has 0 spiro atoms. The minimum absolute atomic E-state index is 0.0681. The first kappa shape index (κ1) is 22.3. The molecule has 2 aromatic rings. The van der Waals surface area contributed by atoms with Crippen molar-refractivity contribution in [3.8, 4) is 0 Å². The third-order valence-corrected chi connectivity index (χ3v) is 6.15. The van der Waals surface area contributed by atoms with Gasteiger partial charge in [0.15, 0.2) is 0 Å². The van der Waals surface area contributed by atoms with Crippen LogP contribution in [0.5, 0.6) is 0 Å². The maximum absolute atomic E-state index is 13.1. The number of hydrogen-bond donors (Lipinski definition) is 1. The molecule has 0 aliphatic carbocycles. The summed E-state index contributed by atoms with van der Waals surface area (Å²) in [7, 11) is 0. The van der Waals surface area contributed by atoms with E-state index in [1.165, 1.54) is 12.5 Å². The number of piperazine rings is 1. The van der Waals surface area contributed by atoms with E-state index in [1.54, 1.807) is 4.90 Å². The van der Waals surface area contributed by atoms with Gasteiger partial charge in [0, 0.05) is 56.9 Å². The fourth-order valence-corrected chi connectivity index (χ4v) is 4.40. The van der Waals surface area contributed by atoms with Crippen molar-refractivity contribution in [3.63, 3.8) is 0 Å². The minimum atomic E-state index is -4.53. The van der Waals surface area contributed by atoms with Gasteiger partial charge in [0.1, 0.15) is 17.3 Å². The smallest absolute Gasteiger partial charge is 0.390 e. The third kappa shape index (κ3) is 5.28. The summed E-state index contributed by atoms with van der Waals surface area (Å²) in [4.78, 5) is 14.0. The first-order valence-corrected chi connectivity index (χ1v) is 10.6. The molecule has 6 nitrogen and oxygen atoms in total. The van der Waals surface area contributed by atoms with Gasteiger partial charge in [-0.2, -0.15) is 13.2 Å². The lowest BCUT2D eigenvalue weighted by Crippen LogP contribution is -2.53. The van der Waals surface area contributed by atoms with Gasteiger partial charge >= 0.3 is 6.18 Å². The summed E-state index contributed by atoms with van der Waals surface area (Å²) < 4.78 is 39.3. The summed E-state index contributed by atoms with van der Waals surface area (Å²) in [5.74, 6) is 0.279. The molecule has 1 aromatic carbocycles. The van der Waals surface area contributed by atoms with Crippen LogP contribution in [0, 0.1) is 6.92 Å². The predicted molar refractivity (Wildman–Crippen MR) is 112 cm³/mol. The fraction of sp³-hybridized carbons (Fsp3) is 0.524. The summed E-state index contributed by atoms with van der Waals surface area (Å²) in [6.45, 7) is 6.27. The van der Waals surface area contributed by atoms with Crippen molar-refractivity contribution in [2.75, 3.05) is 44.2 Å². The zero-order chi connectivity index (χ0) is 22.2. The number of nitrogens with zero attached hydrogens (tertiary/aromatic N) is 5. The molecule has 31 heavy (non-hydrogen) atoms. The van der Waals surface area contributed by atoms with E-state index in [1.807, 2.05) is 24.3 Å². The van der Waals surface area contributed by atoms with Gasteiger partial charge in [0.2, 0.25) is 0 Å². The third-order valence-electron chi connectivity index (χ3n) is 5.89. The van der Waals surface area contributed by atoms with Crippen LogP contribution in [0.1, 0.15) is 17.1 Å². The molecule has 168 valence electrons. The average Bonchev–Trinajstić information content (AvgIpc) is 3.11. The van der Waals surface area contributed by atoms with E-state index in [-0.39, 0.29) is 24.2 Å². The highest BCUT2D eigenvalue weighted by Gasteiger charge is 2.39. The van der Waals surface area contributed by atoms with Gasteiger partial charge in [0.25, 0.3) is 0 Å². The number of aliphatic hydroxyl groups is 1. The van der Waals surface area contributed by atoms with Gasteiger partial charge < -0.3 is 10.0 Å². The largest absolute Gasteiger partial charge is 0.433 e. The number of aryl methyl sites for hydroxylation is 1. The molecule has 2 fully saturated rings. The van der Waals surface area contributed by atoms with Crippen LogP contribution in [-0.2, 0) is 12.7 Å². The quantitative estimate of drug-likeness (QED) is 0.765. The number of rotatable bonds is 4. The Bertz CT molecular complexity index is 903. The van der Waals surface area contributed by atoms with E-state index in [0.29, 0.717) is 6.54 Å². The number of anilines is 1. The van der Waals surface area contributed by atoms with Gasteiger partial charge in [-0.1, -0.05) is 23.7 Å². The molecular weight excluding hydrogens is 431 g/mol. The Morgan fingerprint density at radius 2 is 1.74 bits per heavy atom. The van der Waals surface area contributed by atoms with Gasteiger partial charge in [-0.3, -0.25) is 9.80 Å². The Hall–Kier alpha value is -1.94. The summed E-state index contributed by atoms with van der Waals surface area (Å²) in [6.07, 6.45) is -5.17. The number of hydrogen-bond acceptors (Lipinski definition) is 6. The number of aromatic nitrogens is 2. The van der Waals surface area contributed by atoms with Crippen LogP contribution in [-0.4, -0.2) is 76.3 Å². The van der Waals surface area contributed by atoms with Crippen molar-refractivity contribution in [2.24, 2.45) is 0 Å². The molecular formula is C21H25ClF3N5O. The summed E-state index contributed by atoms with van der Waals surface area (Å²) in [6, 6.07) is 8.64. The van der Waals surface area contributed by atoms with Crippen LogP contribution in [0.25, 0.3) is 0 Å². The maximum Gasteiger partial charge on any atom is 0.433 e. The second-order valence-electron chi connectivity index (χ2n) is 8.13. The molecule has 4 rings (SSSR count). The Labute approximate surface area is 184 Å². The first-order valence-electron chi connectivity index (χ1n) is 10.3. The van der Waals surface area contributed by atoms with Crippen LogP contribution in [0.2, 0.25) is 5.02 Å². The number of aliphatic hydroxyl groups excluding tert-OH is 1. The van der Waals surface area contributed by atoms with E-state index in [2.05, 4.69) is 19.8 Å². The van der Waals surface area contributed by atoms with Crippen molar-refractivity contribution in [1.82, 2.24) is 19.8 Å². The number of benzene rings is 1. The van der Waals surface area contributed by atoms with Crippen molar-refractivity contribution in [3.05, 3.63) is 52.4 Å². The zero-order valence-electron chi connectivity index (χ0n) is 17.2. The van der Waals surface area contributed by atoms with E-state index in [4.69, 9.17) is 11.6 Å². The second-order valence-corrected chi connectivity index (χ2v) is 8.57. The molecule has 2 saturated heterocycles. The van der Waals surface area contributed by atoms with Crippen molar-refractivity contribution in [1.29, 1.82) is 0 Å². The fourth-order valence-electron chi connectivity index (χ4n) is 4.28. The van der Waals surface area contributed by atoms with Crippen LogP contribution in [0.4, 0.5) is 19.0 Å². The van der Waals surface area contributed by atoms with Crippen LogP contribution in [0.3, 0.4) is 0 Å². The Morgan fingerprint density at radius 1 is 1.06 bits per heavy atom. The standard InChI is InChI=1S/C21H25ClF3N5O/c1-14-26-19(21(23,24)25)10-20(27-14)30-12-17(18(31)13-30)29-8-6-28(7-9-29)11-15-2-4-16(22)5-3-15/h2-5,10,17-18,31H,6-9,11-13H2,1H3. The molecule has 1 aromatic heterocycles. The highest BCUT2D eigenvalue weighted by Crippen LogP contribution is 2.31.